The van der Waals surface area contributed by atoms with Crippen molar-refractivity contribution in [1.29, 1.82) is 0 Å². The van der Waals surface area contributed by atoms with Gasteiger partial charge in [0, 0.05) is 31.7 Å². The van der Waals surface area contributed by atoms with Crippen LogP contribution in [0.15, 0.2) is 18.2 Å². The Hall–Kier alpha value is -2.15. The lowest BCUT2D eigenvalue weighted by Gasteiger charge is -2.39. The van der Waals surface area contributed by atoms with Crippen molar-refractivity contribution in [2.45, 2.75) is 70.5 Å². The van der Waals surface area contributed by atoms with Gasteiger partial charge in [-0.3, -0.25) is 9.69 Å². The van der Waals surface area contributed by atoms with E-state index in [1.54, 1.807) is 6.07 Å². The molecular weight excluding hydrogens is 369 g/mol. The SMILES string of the molecule is C[C@@H]1CCC[C@H](C)N1CCNC(=O)[C@@H]1CCCCN1c1nc2ccc(F)cc2[nH]1. The average Bonchev–Trinajstić information content (AvgIpc) is 3.13. The van der Waals surface area contributed by atoms with Gasteiger partial charge in [0.05, 0.1) is 11.0 Å². The summed E-state index contributed by atoms with van der Waals surface area (Å²) in [5, 5.41) is 3.16. The number of imidazole rings is 1. The van der Waals surface area contributed by atoms with Crippen LogP contribution in [-0.4, -0.2) is 58.5 Å². The van der Waals surface area contributed by atoms with E-state index in [1.807, 2.05) is 4.90 Å². The molecule has 1 amide bonds. The van der Waals surface area contributed by atoms with Crippen molar-refractivity contribution in [3.05, 3.63) is 24.0 Å². The molecular formula is C22H32FN5O. The van der Waals surface area contributed by atoms with Gasteiger partial charge in [0.15, 0.2) is 0 Å². The van der Waals surface area contributed by atoms with E-state index in [-0.39, 0.29) is 17.8 Å². The number of nitrogens with one attached hydrogen (secondary N) is 2. The molecule has 29 heavy (non-hydrogen) atoms. The second-order valence-corrected chi connectivity index (χ2v) is 8.58. The zero-order chi connectivity index (χ0) is 20.4. The van der Waals surface area contributed by atoms with Crippen molar-refractivity contribution < 1.29 is 9.18 Å². The monoisotopic (exact) mass is 401 g/mol. The Morgan fingerprint density at radius 2 is 2.00 bits per heavy atom. The second-order valence-electron chi connectivity index (χ2n) is 8.58. The number of hydrogen-bond acceptors (Lipinski definition) is 4. The minimum Gasteiger partial charge on any atom is -0.353 e. The van der Waals surface area contributed by atoms with Crippen molar-refractivity contribution in [3.63, 3.8) is 0 Å². The molecule has 158 valence electrons. The van der Waals surface area contributed by atoms with Crippen LogP contribution < -0.4 is 10.2 Å². The molecule has 2 aliphatic rings. The zero-order valence-corrected chi connectivity index (χ0v) is 17.5. The van der Waals surface area contributed by atoms with Gasteiger partial charge < -0.3 is 15.2 Å². The highest BCUT2D eigenvalue weighted by molar-refractivity contribution is 5.86. The highest BCUT2D eigenvalue weighted by Crippen LogP contribution is 2.26. The fraction of sp³-hybridized carbons (Fsp3) is 0.636. The molecule has 0 bridgehead atoms. The highest BCUT2D eigenvalue weighted by Gasteiger charge is 2.31. The summed E-state index contributed by atoms with van der Waals surface area (Å²) in [5.74, 6) is 0.430. The van der Waals surface area contributed by atoms with Crippen LogP contribution in [0.3, 0.4) is 0 Å². The number of fused-ring (bicyclic) bond motifs is 1. The number of piperidine rings is 2. The number of anilines is 1. The third kappa shape index (κ3) is 4.39. The first-order valence-electron chi connectivity index (χ1n) is 11.0. The fourth-order valence-electron chi connectivity index (χ4n) is 4.90. The molecule has 0 radical (unpaired) electrons. The maximum Gasteiger partial charge on any atom is 0.242 e. The number of amides is 1. The molecule has 0 aliphatic carbocycles. The molecule has 2 fully saturated rings. The summed E-state index contributed by atoms with van der Waals surface area (Å²) in [6, 6.07) is 5.47. The lowest BCUT2D eigenvalue weighted by Crippen LogP contribution is -2.52. The summed E-state index contributed by atoms with van der Waals surface area (Å²) in [5.41, 5.74) is 1.39. The first-order valence-corrected chi connectivity index (χ1v) is 11.0. The largest absolute Gasteiger partial charge is 0.353 e. The smallest absolute Gasteiger partial charge is 0.242 e. The second kappa shape index (κ2) is 8.69. The number of rotatable bonds is 5. The van der Waals surface area contributed by atoms with Crippen molar-refractivity contribution in [2.75, 3.05) is 24.5 Å². The third-order valence-corrected chi connectivity index (χ3v) is 6.55. The first-order chi connectivity index (χ1) is 14.0. The van der Waals surface area contributed by atoms with Gasteiger partial charge in [-0.25, -0.2) is 9.37 Å². The van der Waals surface area contributed by atoms with Gasteiger partial charge in [-0.05, 0) is 64.2 Å². The van der Waals surface area contributed by atoms with Crippen LogP contribution in [0.2, 0.25) is 0 Å². The molecule has 7 heteroatoms. The zero-order valence-electron chi connectivity index (χ0n) is 17.5. The van der Waals surface area contributed by atoms with Gasteiger partial charge in [-0.1, -0.05) is 6.42 Å². The maximum atomic E-state index is 13.5. The van der Waals surface area contributed by atoms with E-state index in [1.165, 1.54) is 31.4 Å². The van der Waals surface area contributed by atoms with Crippen LogP contribution >= 0.6 is 0 Å². The Morgan fingerprint density at radius 3 is 2.79 bits per heavy atom. The number of H-pyrrole nitrogens is 1. The Bertz CT molecular complexity index is 843. The van der Waals surface area contributed by atoms with E-state index in [4.69, 9.17) is 0 Å². The molecule has 1 aromatic carbocycles. The number of aromatic amines is 1. The Balaban J connectivity index is 1.40. The van der Waals surface area contributed by atoms with E-state index < -0.39 is 0 Å². The van der Waals surface area contributed by atoms with E-state index in [9.17, 15) is 9.18 Å². The molecule has 2 aliphatic heterocycles. The molecule has 2 N–H and O–H groups in total. The van der Waals surface area contributed by atoms with Crippen molar-refractivity contribution in [3.8, 4) is 0 Å². The number of aromatic nitrogens is 2. The predicted octanol–water partition coefficient (Wildman–Crippen LogP) is 3.44. The van der Waals surface area contributed by atoms with Gasteiger partial charge in [-0.15, -0.1) is 0 Å². The minimum atomic E-state index is -0.290. The number of carbonyl (C=O) groups excluding carboxylic acids is 1. The van der Waals surface area contributed by atoms with Crippen molar-refractivity contribution in [2.24, 2.45) is 0 Å². The first kappa shape index (κ1) is 20.1. The fourth-order valence-corrected chi connectivity index (χ4v) is 4.90. The van der Waals surface area contributed by atoms with Gasteiger partial charge in [0.25, 0.3) is 0 Å². The standard InChI is InChI=1S/C22H32FN5O/c1-15-6-5-7-16(2)27(15)13-11-24-21(29)20-8-3-4-12-28(20)22-25-18-10-9-17(23)14-19(18)26-22/h9-10,14-16,20H,3-8,11-13H2,1-2H3,(H,24,29)(H,25,26)/t15-,16+,20-/m0/s1. The minimum absolute atomic E-state index is 0.0636. The number of hydrogen-bond donors (Lipinski definition) is 2. The van der Waals surface area contributed by atoms with Crippen LogP contribution in [0.25, 0.3) is 11.0 Å². The highest BCUT2D eigenvalue weighted by atomic mass is 19.1. The predicted molar refractivity (Wildman–Crippen MR) is 114 cm³/mol. The van der Waals surface area contributed by atoms with Crippen LogP contribution in [-0.2, 0) is 4.79 Å². The molecule has 0 unspecified atom stereocenters. The number of nitrogens with zero attached hydrogens (tertiary/aromatic N) is 3. The van der Waals surface area contributed by atoms with Gasteiger partial charge in [0.1, 0.15) is 11.9 Å². The Morgan fingerprint density at radius 1 is 1.21 bits per heavy atom. The quantitative estimate of drug-likeness (QED) is 0.806. The topological polar surface area (TPSA) is 64.3 Å². The van der Waals surface area contributed by atoms with Gasteiger partial charge >= 0.3 is 0 Å². The van der Waals surface area contributed by atoms with Crippen LogP contribution in [0.5, 0.6) is 0 Å². The molecule has 1 aromatic heterocycles. The van der Waals surface area contributed by atoms with Crippen molar-refractivity contribution >= 4 is 22.9 Å². The summed E-state index contributed by atoms with van der Waals surface area (Å²) >= 11 is 0. The molecule has 3 heterocycles. The van der Waals surface area contributed by atoms with E-state index in [2.05, 4.69) is 34.0 Å². The van der Waals surface area contributed by atoms with Crippen LogP contribution in [0, 0.1) is 5.82 Å². The molecule has 2 saturated heterocycles. The maximum absolute atomic E-state index is 13.5. The Labute approximate surface area is 171 Å². The van der Waals surface area contributed by atoms with E-state index in [0.717, 1.165) is 37.9 Å². The average molecular weight is 402 g/mol. The summed E-state index contributed by atoms with van der Waals surface area (Å²) in [6.45, 7) is 6.91. The molecule has 6 nitrogen and oxygen atoms in total. The lowest BCUT2D eigenvalue weighted by molar-refractivity contribution is -0.123. The number of carbonyl (C=O) groups is 1. The summed E-state index contributed by atoms with van der Waals surface area (Å²) < 4.78 is 13.5. The molecule has 3 atom stereocenters. The van der Waals surface area contributed by atoms with Crippen LogP contribution in [0.1, 0.15) is 52.4 Å². The lowest BCUT2D eigenvalue weighted by atomic mass is 9.97. The number of halogens is 1. The Kier molecular flexibility index (Phi) is 6.04. The summed E-state index contributed by atoms with van der Waals surface area (Å²) in [6.07, 6.45) is 6.64. The molecule has 0 saturated carbocycles. The van der Waals surface area contributed by atoms with E-state index in [0.29, 0.717) is 30.1 Å². The van der Waals surface area contributed by atoms with Crippen molar-refractivity contribution in [1.82, 2.24) is 20.2 Å². The number of benzene rings is 1. The molecule has 0 spiro atoms. The summed E-state index contributed by atoms with van der Waals surface area (Å²) in [4.78, 5) is 25.3. The number of likely N-dealkylation sites (tertiary alicyclic amines) is 1. The normalized spacial score (nSPS) is 26.0. The van der Waals surface area contributed by atoms with Gasteiger partial charge in [0.2, 0.25) is 11.9 Å². The third-order valence-electron chi connectivity index (χ3n) is 6.55. The summed E-state index contributed by atoms with van der Waals surface area (Å²) in [7, 11) is 0. The van der Waals surface area contributed by atoms with Gasteiger partial charge in [-0.2, -0.15) is 0 Å². The van der Waals surface area contributed by atoms with E-state index >= 15 is 0 Å². The molecule has 4 rings (SSSR count). The van der Waals surface area contributed by atoms with Crippen LogP contribution in [0.4, 0.5) is 10.3 Å². The molecule has 2 aromatic rings.